The molecule has 3 nitrogen and oxygen atoms in total. The van der Waals surface area contributed by atoms with Crippen molar-refractivity contribution >= 4 is 5.78 Å². The van der Waals surface area contributed by atoms with Crippen LogP contribution in [0.25, 0.3) is 0 Å². The molecule has 0 saturated heterocycles. The molecule has 0 N–H and O–H groups in total. The summed E-state index contributed by atoms with van der Waals surface area (Å²) in [4.78, 5) is 15.8. The van der Waals surface area contributed by atoms with Crippen molar-refractivity contribution in [1.29, 1.82) is 0 Å². The van der Waals surface area contributed by atoms with Crippen LogP contribution in [0.4, 0.5) is 4.39 Å². The van der Waals surface area contributed by atoms with Crippen LogP contribution in [-0.4, -0.2) is 17.9 Å². The third-order valence-corrected chi connectivity index (χ3v) is 2.60. The topological polar surface area (TPSA) is 39.2 Å². The average molecular weight is 245 g/mol. The van der Waals surface area contributed by atoms with Gasteiger partial charge < -0.3 is 4.74 Å². The molecular weight excluding hydrogens is 233 g/mol. The van der Waals surface area contributed by atoms with E-state index in [0.29, 0.717) is 11.1 Å². The van der Waals surface area contributed by atoms with E-state index in [1.54, 1.807) is 30.5 Å². The summed E-state index contributed by atoms with van der Waals surface area (Å²) < 4.78 is 18.7. The van der Waals surface area contributed by atoms with Crippen LogP contribution in [0, 0.1) is 5.82 Å². The number of methoxy groups -OCH3 is 1. The molecule has 0 saturated carbocycles. The molecule has 0 aliphatic heterocycles. The number of rotatable bonds is 4. The first-order valence-electron chi connectivity index (χ1n) is 5.47. The smallest absolute Gasteiger partial charge is 0.168 e. The molecule has 1 aromatic heterocycles. The van der Waals surface area contributed by atoms with Crippen LogP contribution in [0.5, 0.6) is 5.75 Å². The lowest BCUT2D eigenvalue weighted by molar-refractivity contribution is 0.0991. The van der Waals surface area contributed by atoms with Crippen LogP contribution in [0.15, 0.2) is 42.7 Å². The third-order valence-electron chi connectivity index (χ3n) is 2.60. The number of ketones is 1. The number of aromatic nitrogens is 1. The summed E-state index contributed by atoms with van der Waals surface area (Å²) in [7, 11) is 1.39. The van der Waals surface area contributed by atoms with E-state index in [2.05, 4.69) is 4.98 Å². The van der Waals surface area contributed by atoms with E-state index in [0.717, 1.165) is 0 Å². The Balaban J connectivity index is 2.22. The molecule has 1 aromatic carbocycles. The molecule has 92 valence electrons. The number of hydrogen-bond donors (Lipinski definition) is 0. The number of ether oxygens (including phenoxy) is 1. The van der Waals surface area contributed by atoms with Crippen LogP contribution in [0.2, 0.25) is 0 Å². The van der Waals surface area contributed by atoms with E-state index in [-0.39, 0.29) is 18.0 Å². The normalized spacial score (nSPS) is 10.1. The molecule has 0 bridgehead atoms. The number of hydrogen-bond acceptors (Lipinski definition) is 3. The van der Waals surface area contributed by atoms with Gasteiger partial charge in [-0.15, -0.1) is 0 Å². The average Bonchev–Trinajstić information content (AvgIpc) is 2.42. The van der Waals surface area contributed by atoms with Gasteiger partial charge in [-0.1, -0.05) is 12.1 Å². The van der Waals surface area contributed by atoms with Crippen molar-refractivity contribution in [3.63, 3.8) is 0 Å². The van der Waals surface area contributed by atoms with Gasteiger partial charge in [0.2, 0.25) is 0 Å². The lowest BCUT2D eigenvalue weighted by Crippen LogP contribution is -2.06. The summed E-state index contributed by atoms with van der Waals surface area (Å²) in [5, 5.41) is 0. The van der Waals surface area contributed by atoms with Gasteiger partial charge in [0.25, 0.3) is 0 Å². The summed E-state index contributed by atoms with van der Waals surface area (Å²) in [6, 6.07) is 8.09. The Hall–Kier alpha value is -2.23. The summed E-state index contributed by atoms with van der Waals surface area (Å²) in [6.45, 7) is 0. The Morgan fingerprint density at radius 1 is 1.33 bits per heavy atom. The molecule has 0 aliphatic rings. The molecule has 0 aliphatic carbocycles. The molecule has 1 heterocycles. The highest BCUT2D eigenvalue weighted by Crippen LogP contribution is 2.21. The van der Waals surface area contributed by atoms with Crippen LogP contribution in [0.1, 0.15) is 15.9 Å². The molecule has 0 atom stereocenters. The second-order valence-electron chi connectivity index (χ2n) is 3.78. The van der Waals surface area contributed by atoms with Gasteiger partial charge in [0.15, 0.2) is 17.3 Å². The highest BCUT2D eigenvalue weighted by atomic mass is 19.1. The Bertz CT molecular complexity index is 555. The fourth-order valence-electron chi connectivity index (χ4n) is 1.65. The maximum absolute atomic E-state index is 13.9. The SMILES string of the molecule is COc1cccc(CC(=O)c2cccnc2)c1F. The Morgan fingerprint density at radius 3 is 2.83 bits per heavy atom. The monoisotopic (exact) mass is 245 g/mol. The van der Waals surface area contributed by atoms with Crippen molar-refractivity contribution in [2.45, 2.75) is 6.42 Å². The minimum absolute atomic E-state index is 0.00523. The van der Waals surface area contributed by atoms with Gasteiger partial charge in [-0.05, 0) is 23.8 Å². The van der Waals surface area contributed by atoms with Gasteiger partial charge in [0.1, 0.15) is 0 Å². The Labute approximate surface area is 104 Å². The first-order chi connectivity index (χ1) is 8.72. The second-order valence-corrected chi connectivity index (χ2v) is 3.78. The lowest BCUT2D eigenvalue weighted by atomic mass is 10.0. The van der Waals surface area contributed by atoms with E-state index >= 15 is 0 Å². The standard InChI is InChI=1S/C14H12FNO2/c1-18-13-6-2-4-10(14(13)15)8-12(17)11-5-3-7-16-9-11/h2-7,9H,8H2,1H3. The fraction of sp³-hybridized carbons (Fsp3) is 0.143. The largest absolute Gasteiger partial charge is 0.494 e. The van der Waals surface area contributed by atoms with E-state index in [4.69, 9.17) is 4.74 Å². The van der Waals surface area contributed by atoms with E-state index < -0.39 is 5.82 Å². The van der Waals surface area contributed by atoms with Gasteiger partial charge in [0.05, 0.1) is 7.11 Å². The summed E-state index contributed by atoms with van der Waals surface area (Å²) in [5.41, 5.74) is 0.794. The van der Waals surface area contributed by atoms with E-state index in [9.17, 15) is 9.18 Å². The van der Waals surface area contributed by atoms with E-state index in [1.165, 1.54) is 19.4 Å². The number of carbonyl (C=O) groups excluding carboxylic acids is 1. The number of Topliss-reactive ketones (excluding diaryl/α,β-unsaturated/α-hetero) is 1. The van der Waals surface area contributed by atoms with Crippen molar-refractivity contribution < 1.29 is 13.9 Å². The molecule has 0 amide bonds. The van der Waals surface area contributed by atoms with Crippen LogP contribution < -0.4 is 4.74 Å². The van der Waals surface area contributed by atoms with E-state index in [1.807, 2.05) is 0 Å². The fourth-order valence-corrected chi connectivity index (χ4v) is 1.65. The molecule has 0 unspecified atom stereocenters. The minimum Gasteiger partial charge on any atom is -0.494 e. The van der Waals surface area contributed by atoms with Gasteiger partial charge in [0, 0.05) is 24.4 Å². The molecule has 18 heavy (non-hydrogen) atoms. The Morgan fingerprint density at radius 2 is 2.17 bits per heavy atom. The van der Waals surface area contributed by atoms with Crippen molar-refractivity contribution in [2.24, 2.45) is 0 Å². The molecule has 0 fully saturated rings. The van der Waals surface area contributed by atoms with Crippen LogP contribution in [-0.2, 0) is 6.42 Å². The number of carbonyl (C=O) groups is 1. The summed E-state index contributed by atoms with van der Waals surface area (Å²) in [5.74, 6) is -0.515. The molecule has 0 spiro atoms. The highest BCUT2D eigenvalue weighted by molar-refractivity contribution is 5.97. The van der Waals surface area contributed by atoms with Crippen molar-refractivity contribution in [1.82, 2.24) is 4.98 Å². The van der Waals surface area contributed by atoms with Gasteiger partial charge in [-0.25, -0.2) is 4.39 Å². The van der Waals surface area contributed by atoms with Crippen LogP contribution >= 0.6 is 0 Å². The predicted molar refractivity (Wildman–Crippen MR) is 65.2 cm³/mol. The molecule has 4 heteroatoms. The lowest BCUT2D eigenvalue weighted by Gasteiger charge is -2.06. The number of halogens is 1. The summed E-state index contributed by atoms with van der Waals surface area (Å²) >= 11 is 0. The number of benzene rings is 1. The maximum Gasteiger partial charge on any atom is 0.168 e. The Kier molecular flexibility index (Phi) is 3.67. The van der Waals surface area contributed by atoms with Crippen molar-refractivity contribution in [2.75, 3.05) is 7.11 Å². The summed E-state index contributed by atoms with van der Waals surface area (Å²) in [6.07, 6.45) is 3.05. The molecule has 2 rings (SSSR count). The third kappa shape index (κ3) is 2.53. The first kappa shape index (κ1) is 12.2. The zero-order valence-corrected chi connectivity index (χ0v) is 9.89. The number of nitrogens with zero attached hydrogens (tertiary/aromatic N) is 1. The van der Waals surface area contributed by atoms with Crippen molar-refractivity contribution in [3.8, 4) is 5.75 Å². The quantitative estimate of drug-likeness (QED) is 0.777. The van der Waals surface area contributed by atoms with Gasteiger partial charge >= 0.3 is 0 Å². The van der Waals surface area contributed by atoms with Crippen LogP contribution in [0.3, 0.4) is 0 Å². The van der Waals surface area contributed by atoms with Gasteiger partial charge in [-0.3, -0.25) is 9.78 Å². The van der Waals surface area contributed by atoms with Gasteiger partial charge in [-0.2, -0.15) is 0 Å². The highest BCUT2D eigenvalue weighted by Gasteiger charge is 2.13. The zero-order valence-electron chi connectivity index (χ0n) is 9.89. The molecule has 0 radical (unpaired) electrons. The molecular formula is C14H12FNO2. The molecule has 2 aromatic rings. The second kappa shape index (κ2) is 5.40. The number of pyridine rings is 1. The zero-order chi connectivity index (χ0) is 13.0. The maximum atomic E-state index is 13.9. The minimum atomic E-state index is -0.489. The first-order valence-corrected chi connectivity index (χ1v) is 5.47. The van der Waals surface area contributed by atoms with Crippen molar-refractivity contribution in [3.05, 3.63) is 59.7 Å². The predicted octanol–water partition coefficient (Wildman–Crippen LogP) is 2.65.